The molecule has 0 saturated carbocycles. The molecule has 0 amide bonds. The highest BCUT2D eigenvalue weighted by molar-refractivity contribution is 6.32. The highest BCUT2D eigenvalue weighted by atomic mass is 35.5. The molecule has 0 aliphatic heterocycles. The summed E-state index contributed by atoms with van der Waals surface area (Å²) < 4.78 is 5.54. The number of hydrogen-bond donors (Lipinski definition) is 2. The van der Waals surface area contributed by atoms with Crippen LogP contribution < -0.4 is 11.1 Å². The zero-order valence-electron chi connectivity index (χ0n) is 9.75. The number of halogens is 1. The summed E-state index contributed by atoms with van der Waals surface area (Å²) in [4.78, 5) is 7.79. The summed E-state index contributed by atoms with van der Waals surface area (Å²) in [5.74, 6) is 0.725. The van der Waals surface area contributed by atoms with Gasteiger partial charge in [-0.15, -0.1) is 0 Å². The van der Waals surface area contributed by atoms with E-state index in [2.05, 4.69) is 15.3 Å². The molecule has 0 aromatic carbocycles. The van der Waals surface area contributed by atoms with E-state index < -0.39 is 0 Å². The quantitative estimate of drug-likeness (QED) is 0.828. The van der Waals surface area contributed by atoms with E-state index in [9.17, 15) is 0 Å². The average molecular weight is 245 g/mol. The van der Waals surface area contributed by atoms with Crippen LogP contribution in [0.15, 0.2) is 6.20 Å². The summed E-state index contributed by atoms with van der Waals surface area (Å²) in [5, 5.41) is 3.54. The molecule has 0 aliphatic rings. The molecular formula is C10H17ClN4O. The van der Waals surface area contributed by atoms with Gasteiger partial charge in [-0.05, 0) is 20.8 Å². The van der Waals surface area contributed by atoms with Crippen molar-refractivity contribution >= 4 is 23.4 Å². The van der Waals surface area contributed by atoms with Gasteiger partial charge in [0.15, 0.2) is 5.82 Å². The Labute approximate surface area is 100 Å². The van der Waals surface area contributed by atoms with E-state index in [1.54, 1.807) is 0 Å². The molecule has 5 nitrogen and oxygen atoms in total. The number of nitrogens with one attached hydrogen (secondary N) is 1. The average Bonchev–Trinajstić information content (AvgIpc) is 2.19. The minimum Gasteiger partial charge on any atom is -0.374 e. The molecule has 0 spiro atoms. The maximum absolute atomic E-state index is 5.92. The highest BCUT2D eigenvalue weighted by Crippen LogP contribution is 2.19. The molecule has 0 aliphatic carbocycles. The normalized spacial score (nSPS) is 11.5. The van der Waals surface area contributed by atoms with Crippen molar-refractivity contribution in [2.75, 3.05) is 24.2 Å². The second-order valence-electron chi connectivity index (χ2n) is 3.97. The van der Waals surface area contributed by atoms with Crippen molar-refractivity contribution in [3.05, 3.63) is 11.2 Å². The molecule has 0 radical (unpaired) electrons. The summed E-state index contributed by atoms with van der Waals surface area (Å²) in [6, 6.07) is 0. The van der Waals surface area contributed by atoms with Crippen molar-refractivity contribution in [3.63, 3.8) is 0 Å². The van der Waals surface area contributed by atoms with Gasteiger partial charge in [0.05, 0.1) is 11.8 Å². The lowest BCUT2D eigenvalue weighted by molar-refractivity contribution is 0.000644. The van der Waals surface area contributed by atoms with E-state index in [1.165, 1.54) is 6.20 Å². The molecule has 0 atom stereocenters. The first-order valence-electron chi connectivity index (χ1n) is 5.10. The maximum atomic E-state index is 5.92. The number of nitrogens with zero attached hydrogens (tertiary/aromatic N) is 2. The van der Waals surface area contributed by atoms with Gasteiger partial charge < -0.3 is 15.8 Å². The number of aromatic nitrogens is 2. The predicted octanol–water partition coefficient (Wildman–Crippen LogP) is 1.94. The summed E-state index contributed by atoms with van der Waals surface area (Å²) in [7, 11) is 0. The summed E-state index contributed by atoms with van der Waals surface area (Å²) >= 11 is 5.92. The van der Waals surface area contributed by atoms with Crippen LogP contribution in [0.3, 0.4) is 0 Å². The van der Waals surface area contributed by atoms with Gasteiger partial charge in [0, 0.05) is 13.2 Å². The van der Waals surface area contributed by atoms with Crippen molar-refractivity contribution in [2.45, 2.75) is 26.4 Å². The van der Waals surface area contributed by atoms with Gasteiger partial charge in [0.2, 0.25) is 5.95 Å². The number of ether oxygens (including phenoxy) is 1. The van der Waals surface area contributed by atoms with Crippen LogP contribution >= 0.6 is 11.6 Å². The standard InChI is InChI=1S/C10H17ClN4O/c1-4-16-10(2,3)6-14-8-7(11)5-13-9(12)15-8/h5H,4,6H2,1-3H3,(H3,12,13,14,15). The van der Waals surface area contributed by atoms with E-state index in [0.29, 0.717) is 24.0 Å². The Morgan fingerprint density at radius 1 is 1.56 bits per heavy atom. The van der Waals surface area contributed by atoms with Crippen LogP contribution in [0.1, 0.15) is 20.8 Å². The molecule has 1 rings (SSSR count). The third kappa shape index (κ3) is 3.83. The summed E-state index contributed by atoms with van der Waals surface area (Å²) in [6.45, 7) is 7.19. The Kier molecular flexibility index (Phi) is 4.32. The van der Waals surface area contributed by atoms with Gasteiger partial charge in [-0.2, -0.15) is 4.98 Å². The van der Waals surface area contributed by atoms with Gasteiger partial charge in [0.25, 0.3) is 0 Å². The Morgan fingerprint density at radius 3 is 2.88 bits per heavy atom. The van der Waals surface area contributed by atoms with Gasteiger partial charge in [0.1, 0.15) is 5.02 Å². The zero-order valence-corrected chi connectivity index (χ0v) is 10.5. The lowest BCUT2D eigenvalue weighted by Crippen LogP contribution is -2.33. The number of nitrogen functional groups attached to an aromatic ring is 1. The van der Waals surface area contributed by atoms with Crippen LogP contribution in [0.5, 0.6) is 0 Å². The molecule has 0 saturated heterocycles. The van der Waals surface area contributed by atoms with Crippen LogP contribution in [0.2, 0.25) is 5.02 Å². The zero-order chi connectivity index (χ0) is 12.2. The van der Waals surface area contributed by atoms with Gasteiger partial charge in [-0.25, -0.2) is 4.98 Å². The van der Waals surface area contributed by atoms with Crippen LogP contribution in [-0.2, 0) is 4.74 Å². The first-order valence-corrected chi connectivity index (χ1v) is 5.48. The minimum absolute atomic E-state index is 0.195. The van der Waals surface area contributed by atoms with Crippen molar-refractivity contribution in [1.29, 1.82) is 0 Å². The first kappa shape index (κ1) is 13.0. The van der Waals surface area contributed by atoms with E-state index in [1.807, 2.05) is 20.8 Å². The lowest BCUT2D eigenvalue weighted by Gasteiger charge is -2.25. The fourth-order valence-corrected chi connectivity index (χ4v) is 1.40. The fourth-order valence-electron chi connectivity index (χ4n) is 1.24. The van der Waals surface area contributed by atoms with Gasteiger partial charge >= 0.3 is 0 Å². The molecule has 1 aromatic heterocycles. The third-order valence-electron chi connectivity index (χ3n) is 1.98. The summed E-state index contributed by atoms with van der Waals surface area (Å²) in [5.41, 5.74) is 5.19. The highest BCUT2D eigenvalue weighted by Gasteiger charge is 2.18. The fraction of sp³-hybridized carbons (Fsp3) is 0.600. The van der Waals surface area contributed by atoms with Crippen molar-refractivity contribution < 1.29 is 4.74 Å². The monoisotopic (exact) mass is 244 g/mol. The minimum atomic E-state index is -0.280. The Bertz CT molecular complexity index is 357. The second-order valence-corrected chi connectivity index (χ2v) is 4.38. The molecule has 0 bridgehead atoms. The molecular weight excluding hydrogens is 228 g/mol. The molecule has 1 heterocycles. The van der Waals surface area contributed by atoms with Crippen LogP contribution in [0.4, 0.5) is 11.8 Å². The maximum Gasteiger partial charge on any atom is 0.222 e. The van der Waals surface area contributed by atoms with Crippen LogP contribution in [-0.4, -0.2) is 28.7 Å². The topological polar surface area (TPSA) is 73.1 Å². The van der Waals surface area contributed by atoms with Crippen LogP contribution in [0.25, 0.3) is 0 Å². The molecule has 0 unspecified atom stereocenters. The SMILES string of the molecule is CCOC(C)(C)CNc1nc(N)ncc1Cl. The number of nitrogens with two attached hydrogens (primary N) is 1. The van der Waals surface area contributed by atoms with E-state index in [-0.39, 0.29) is 11.5 Å². The van der Waals surface area contributed by atoms with Crippen molar-refractivity contribution in [2.24, 2.45) is 0 Å². The van der Waals surface area contributed by atoms with E-state index in [4.69, 9.17) is 22.1 Å². The molecule has 3 N–H and O–H groups in total. The van der Waals surface area contributed by atoms with Gasteiger partial charge in [-0.3, -0.25) is 0 Å². The lowest BCUT2D eigenvalue weighted by atomic mass is 10.1. The molecule has 16 heavy (non-hydrogen) atoms. The number of anilines is 2. The number of hydrogen-bond acceptors (Lipinski definition) is 5. The predicted molar refractivity (Wildman–Crippen MR) is 65.6 cm³/mol. The second kappa shape index (κ2) is 5.32. The van der Waals surface area contributed by atoms with Crippen molar-refractivity contribution in [1.82, 2.24) is 9.97 Å². The number of rotatable bonds is 5. The molecule has 0 fully saturated rings. The smallest absolute Gasteiger partial charge is 0.222 e. The largest absolute Gasteiger partial charge is 0.374 e. The molecule has 6 heteroatoms. The molecule has 90 valence electrons. The molecule has 1 aromatic rings. The Morgan fingerprint density at radius 2 is 2.25 bits per heavy atom. The van der Waals surface area contributed by atoms with Crippen LogP contribution in [0, 0.1) is 0 Å². The summed E-state index contributed by atoms with van der Waals surface area (Å²) in [6.07, 6.45) is 1.47. The van der Waals surface area contributed by atoms with E-state index in [0.717, 1.165) is 0 Å². The van der Waals surface area contributed by atoms with E-state index >= 15 is 0 Å². The van der Waals surface area contributed by atoms with Gasteiger partial charge in [-0.1, -0.05) is 11.6 Å². The first-order chi connectivity index (χ1) is 7.44. The Balaban J connectivity index is 2.63. The third-order valence-corrected chi connectivity index (χ3v) is 2.26. The van der Waals surface area contributed by atoms with Crippen molar-refractivity contribution in [3.8, 4) is 0 Å². The Hall–Kier alpha value is -1.07.